The van der Waals surface area contributed by atoms with Gasteiger partial charge in [0.2, 0.25) is 5.91 Å². The van der Waals surface area contributed by atoms with E-state index in [1.807, 2.05) is 39.0 Å². The lowest BCUT2D eigenvalue weighted by Gasteiger charge is -2.44. The minimum absolute atomic E-state index is 0.00192. The Bertz CT molecular complexity index is 1480. The number of hydrogen-bond acceptors (Lipinski definition) is 6. The Balaban J connectivity index is 1.46. The van der Waals surface area contributed by atoms with Crippen LogP contribution in [-0.2, 0) is 21.2 Å². The average molecular weight is 671 g/mol. The van der Waals surface area contributed by atoms with E-state index in [4.69, 9.17) is 4.74 Å². The third-order valence-electron chi connectivity index (χ3n) is 9.84. The molecule has 2 aromatic rings. The van der Waals surface area contributed by atoms with E-state index < -0.39 is 52.6 Å². The molecule has 9 nitrogen and oxygen atoms in total. The number of aromatic nitrogens is 1. The number of pyridine rings is 1. The molecule has 2 fully saturated rings. The Morgan fingerprint density at radius 3 is 2.46 bits per heavy atom. The summed E-state index contributed by atoms with van der Waals surface area (Å²) < 4.78 is 47.3. The molecule has 2 aliphatic heterocycles. The van der Waals surface area contributed by atoms with E-state index in [0.29, 0.717) is 76.8 Å². The monoisotopic (exact) mass is 670 g/mol. The molecule has 48 heavy (non-hydrogen) atoms. The van der Waals surface area contributed by atoms with Gasteiger partial charge >= 0.3 is 12.1 Å². The van der Waals surface area contributed by atoms with Crippen LogP contribution in [0.2, 0.25) is 0 Å². The lowest BCUT2D eigenvalue weighted by molar-refractivity contribution is -0.143. The zero-order valence-corrected chi connectivity index (χ0v) is 27.8. The number of nitrogens with zero attached hydrogens (tertiary/aromatic N) is 4. The Morgan fingerprint density at radius 1 is 1.12 bits per heavy atom. The van der Waals surface area contributed by atoms with Crippen molar-refractivity contribution in [3.63, 3.8) is 0 Å². The molecule has 1 aromatic carbocycles. The van der Waals surface area contributed by atoms with Gasteiger partial charge in [-0.1, -0.05) is 45.4 Å². The van der Waals surface area contributed by atoms with Crippen molar-refractivity contribution < 1.29 is 37.4 Å². The van der Waals surface area contributed by atoms with Crippen molar-refractivity contribution in [2.45, 2.75) is 89.8 Å². The second-order valence-corrected chi connectivity index (χ2v) is 13.2. The second kappa shape index (κ2) is 15.8. The van der Waals surface area contributed by atoms with Crippen LogP contribution in [0.3, 0.4) is 0 Å². The number of piperidine rings is 2. The number of hydrogen-bond donors (Lipinski definition) is 1. The normalized spacial score (nSPS) is 20.2. The molecular weight excluding hydrogens is 625 g/mol. The number of carbonyl (C=O) groups is 3. The maximum atomic E-state index is 14.0. The summed E-state index contributed by atoms with van der Waals surface area (Å²) in [7, 11) is 0. The molecule has 2 saturated heterocycles. The molecule has 0 radical (unpaired) electrons. The highest BCUT2D eigenvalue weighted by Crippen LogP contribution is 2.41. The summed E-state index contributed by atoms with van der Waals surface area (Å²) in [5, 5.41) is 19.9. The number of halogens is 3. The number of carboxylic acid groups (broad SMARTS) is 1. The molecule has 3 unspecified atom stereocenters. The van der Waals surface area contributed by atoms with E-state index in [1.54, 1.807) is 11.0 Å². The Hall–Kier alpha value is -4.14. The van der Waals surface area contributed by atoms with Crippen LogP contribution >= 0.6 is 0 Å². The molecule has 2 amide bonds. The number of carboxylic acids is 1. The largest absolute Gasteiger partial charge is 0.493 e. The van der Waals surface area contributed by atoms with E-state index >= 15 is 0 Å². The van der Waals surface area contributed by atoms with E-state index in [-0.39, 0.29) is 18.4 Å². The first-order valence-corrected chi connectivity index (χ1v) is 16.8. The predicted octanol–water partition coefficient (Wildman–Crippen LogP) is 6.72. The highest BCUT2D eigenvalue weighted by molar-refractivity contribution is 5.95. The summed E-state index contributed by atoms with van der Waals surface area (Å²) in [6.07, 6.45) is 0.251. The second-order valence-electron chi connectivity index (χ2n) is 13.2. The van der Waals surface area contributed by atoms with Gasteiger partial charge in [0.1, 0.15) is 11.4 Å². The first-order valence-electron chi connectivity index (χ1n) is 16.8. The minimum Gasteiger partial charge on any atom is -0.493 e. The number of likely N-dealkylation sites (tertiary alicyclic amines) is 2. The van der Waals surface area contributed by atoms with Gasteiger partial charge < -0.3 is 19.6 Å². The molecule has 0 aliphatic carbocycles. The highest BCUT2D eigenvalue weighted by Gasteiger charge is 2.45. The van der Waals surface area contributed by atoms with Crippen molar-refractivity contribution in [2.75, 3.05) is 26.2 Å². The molecule has 0 saturated carbocycles. The smallest absolute Gasteiger partial charge is 0.418 e. The molecule has 2 aliphatic rings. The molecule has 4 rings (SSSR count). The van der Waals surface area contributed by atoms with Gasteiger partial charge in [-0.25, -0.2) is 0 Å². The fraction of sp³-hybridized carbons (Fsp3) is 0.583. The van der Waals surface area contributed by atoms with Gasteiger partial charge in [-0.2, -0.15) is 18.4 Å². The summed E-state index contributed by atoms with van der Waals surface area (Å²) in [5.41, 5.74) is -1.92. The molecular formula is C36H45F3N4O5. The Morgan fingerprint density at radius 2 is 1.83 bits per heavy atom. The van der Waals surface area contributed by atoms with Crippen LogP contribution in [0.25, 0.3) is 0 Å². The van der Waals surface area contributed by atoms with Crippen LogP contribution in [0.5, 0.6) is 5.75 Å². The van der Waals surface area contributed by atoms with Crippen molar-refractivity contribution in [3.05, 3.63) is 59.4 Å². The number of benzene rings is 1. The van der Waals surface area contributed by atoms with Crippen LogP contribution in [0, 0.1) is 29.1 Å². The van der Waals surface area contributed by atoms with Gasteiger partial charge in [0, 0.05) is 37.4 Å². The van der Waals surface area contributed by atoms with Crippen molar-refractivity contribution in [1.29, 1.82) is 5.26 Å². The summed E-state index contributed by atoms with van der Waals surface area (Å²) in [4.78, 5) is 46.1. The number of alkyl halides is 3. The van der Waals surface area contributed by atoms with Crippen molar-refractivity contribution in [2.24, 2.45) is 17.8 Å². The molecule has 0 bridgehead atoms. The Labute approximate surface area is 280 Å². The summed E-state index contributed by atoms with van der Waals surface area (Å²) in [5.74, 6) is -2.28. The molecule has 0 spiro atoms. The first-order chi connectivity index (χ1) is 22.8. The van der Waals surface area contributed by atoms with Crippen LogP contribution < -0.4 is 4.74 Å². The fourth-order valence-corrected chi connectivity index (χ4v) is 7.19. The summed E-state index contributed by atoms with van der Waals surface area (Å²) in [6, 6.07) is 11.2. The predicted molar refractivity (Wildman–Crippen MR) is 172 cm³/mol. The number of aliphatic carboxylic acids is 1. The van der Waals surface area contributed by atoms with Crippen LogP contribution in [-0.4, -0.2) is 70.0 Å². The topological polar surface area (TPSA) is 124 Å². The number of nitriles is 1. The number of rotatable bonds is 12. The SMILES string of the molecule is CCCC1C(C(=O)N2CCC(C#N)(c3ccccc3OCCCC(C(=O)O)C(C)C)CC2)CCCN1C(=O)c1ncccc1C(F)(F)F. The van der Waals surface area contributed by atoms with E-state index in [0.717, 1.165) is 17.7 Å². The molecule has 12 heteroatoms. The summed E-state index contributed by atoms with van der Waals surface area (Å²) in [6.45, 7) is 6.82. The Kier molecular flexibility index (Phi) is 12.1. The highest BCUT2D eigenvalue weighted by atomic mass is 19.4. The molecule has 1 N–H and O–H groups in total. The number of amides is 2. The fourth-order valence-electron chi connectivity index (χ4n) is 7.19. The molecule has 260 valence electrons. The third kappa shape index (κ3) is 8.10. The summed E-state index contributed by atoms with van der Waals surface area (Å²) >= 11 is 0. The zero-order valence-electron chi connectivity index (χ0n) is 27.8. The van der Waals surface area contributed by atoms with Gasteiger partial charge in [0.25, 0.3) is 5.91 Å². The molecule has 3 atom stereocenters. The van der Waals surface area contributed by atoms with Crippen LogP contribution in [0.4, 0.5) is 13.2 Å². The van der Waals surface area contributed by atoms with Crippen LogP contribution in [0.15, 0.2) is 42.6 Å². The average Bonchev–Trinajstić information content (AvgIpc) is 3.07. The van der Waals surface area contributed by atoms with Crippen molar-refractivity contribution >= 4 is 17.8 Å². The zero-order chi connectivity index (χ0) is 35.1. The lowest BCUT2D eigenvalue weighted by Crippen LogP contribution is -2.55. The maximum absolute atomic E-state index is 14.0. The number of para-hydroxylation sites is 1. The number of carbonyl (C=O) groups excluding carboxylic acids is 2. The van der Waals surface area contributed by atoms with Gasteiger partial charge in [-0.15, -0.1) is 0 Å². The maximum Gasteiger partial charge on any atom is 0.418 e. The van der Waals surface area contributed by atoms with Crippen LogP contribution in [0.1, 0.15) is 93.8 Å². The minimum atomic E-state index is -4.74. The molecule has 1 aromatic heterocycles. The molecule has 3 heterocycles. The van der Waals surface area contributed by atoms with E-state index in [1.165, 1.54) is 11.1 Å². The van der Waals surface area contributed by atoms with Crippen molar-refractivity contribution in [3.8, 4) is 11.8 Å². The van der Waals surface area contributed by atoms with Gasteiger partial charge in [0.05, 0.1) is 35.5 Å². The van der Waals surface area contributed by atoms with Gasteiger partial charge in [-0.05, 0) is 69.1 Å². The third-order valence-corrected chi connectivity index (χ3v) is 9.84. The first kappa shape index (κ1) is 36.7. The van der Waals surface area contributed by atoms with Crippen molar-refractivity contribution in [1.82, 2.24) is 14.8 Å². The van der Waals surface area contributed by atoms with E-state index in [9.17, 15) is 37.9 Å². The van der Waals surface area contributed by atoms with Gasteiger partial charge in [-0.3, -0.25) is 19.4 Å². The van der Waals surface area contributed by atoms with Gasteiger partial charge in [0.15, 0.2) is 0 Å². The van der Waals surface area contributed by atoms with E-state index in [2.05, 4.69) is 11.1 Å². The number of ether oxygens (including phenoxy) is 1. The quantitative estimate of drug-likeness (QED) is 0.249. The lowest BCUT2D eigenvalue weighted by atomic mass is 9.73. The standard InChI is InChI=1S/C36H45F3N4O5/c1-4-10-29-26(11-8-19-43(29)33(45)31-28(36(37,38)39)14-7-18-41-31)32(44)42-20-16-35(23-40,17-21-42)27-13-5-6-15-30(27)48-22-9-12-25(24(2)3)34(46)47/h5-7,13-15,18,24-26,29H,4,8-12,16-17,19-22H2,1-3H3,(H,46,47).